The van der Waals surface area contributed by atoms with Crippen LogP contribution in [-0.4, -0.2) is 37.8 Å². The van der Waals surface area contributed by atoms with Gasteiger partial charge in [0.05, 0.1) is 30.1 Å². The van der Waals surface area contributed by atoms with E-state index >= 15 is 0 Å². The first-order valence-electron chi connectivity index (χ1n) is 10.7. The van der Waals surface area contributed by atoms with Gasteiger partial charge in [-0.1, -0.05) is 23.8 Å². The number of aromatic nitrogens is 2. The summed E-state index contributed by atoms with van der Waals surface area (Å²) in [6, 6.07) is 12.6. The van der Waals surface area contributed by atoms with Crippen molar-refractivity contribution >= 4 is 17.3 Å². The fourth-order valence-electron chi connectivity index (χ4n) is 5.05. The highest BCUT2D eigenvalue weighted by Gasteiger charge is 2.41. The van der Waals surface area contributed by atoms with Crippen LogP contribution < -0.4 is 5.32 Å². The number of pyridine rings is 1. The van der Waals surface area contributed by atoms with E-state index in [4.69, 9.17) is 12.2 Å². The molecule has 1 fully saturated rings. The Morgan fingerprint density at radius 3 is 2.39 bits per heavy atom. The van der Waals surface area contributed by atoms with Gasteiger partial charge in [0, 0.05) is 24.1 Å². The van der Waals surface area contributed by atoms with Crippen molar-refractivity contribution in [3.8, 4) is 5.69 Å². The third kappa shape index (κ3) is 3.75. The summed E-state index contributed by atoms with van der Waals surface area (Å²) in [6.45, 7) is 11.3. The molecule has 0 unspecified atom stereocenters. The topological polar surface area (TPSA) is 53.3 Å². The number of nitrogens with one attached hydrogen (secondary N) is 1. The molecule has 0 spiro atoms. The molecule has 0 aliphatic carbocycles. The average Bonchev–Trinajstić information content (AvgIpc) is 3.19. The molecule has 0 bridgehead atoms. The molecule has 6 heteroatoms. The number of nitrogens with zero attached hydrogens (tertiary/aromatic N) is 3. The second-order valence-corrected chi connectivity index (χ2v) is 8.84. The molecule has 0 amide bonds. The van der Waals surface area contributed by atoms with Gasteiger partial charge < -0.3 is 19.9 Å². The number of β-amino-alcohol motifs (C(OH)–C–C–N with tert-alkyl or cyclic N) is 1. The maximum atomic E-state index is 9.72. The first kappa shape index (κ1) is 21.5. The van der Waals surface area contributed by atoms with Gasteiger partial charge in [0.2, 0.25) is 0 Å². The van der Waals surface area contributed by atoms with Gasteiger partial charge in [0.1, 0.15) is 0 Å². The molecule has 2 aromatic heterocycles. The zero-order valence-corrected chi connectivity index (χ0v) is 19.6. The van der Waals surface area contributed by atoms with Crippen molar-refractivity contribution in [2.45, 2.75) is 46.7 Å². The van der Waals surface area contributed by atoms with Crippen LogP contribution in [0.15, 0.2) is 42.6 Å². The molecule has 0 saturated carbocycles. The van der Waals surface area contributed by atoms with Gasteiger partial charge >= 0.3 is 0 Å². The monoisotopic (exact) mass is 434 g/mol. The van der Waals surface area contributed by atoms with Crippen molar-refractivity contribution < 1.29 is 5.11 Å². The number of thiocarbonyl (C=S) groups is 1. The molecule has 1 aliphatic heterocycles. The predicted molar refractivity (Wildman–Crippen MR) is 129 cm³/mol. The van der Waals surface area contributed by atoms with Crippen molar-refractivity contribution in [1.29, 1.82) is 0 Å². The van der Waals surface area contributed by atoms with E-state index in [1.54, 1.807) is 0 Å². The van der Waals surface area contributed by atoms with E-state index in [2.05, 4.69) is 72.6 Å². The smallest absolute Gasteiger partial charge is 0.170 e. The van der Waals surface area contributed by atoms with E-state index in [0.29, 0.717) is 11.7 Å². The summed E-state index contributed by atoms with van der Waals surface area (Å²) < 4.78 is 2.35. The number of aliphatic hydroxyl groups is 1. The second-order valence-electron chi connectivity index (χ2n) is 8.45. The summed E-state index contributed by atoms with van der Waals surface area (Å²) in [7, 11) is 0. The summed E-state index contributed by atoms with van der Waals surface area (Å²) in [5.41, 5.74) is 9.56. The van der Waals surface area contributed by atoms with E-state index in [1.807, 2.05) is 24.4 Å². The largest absolute Gasteiger partial charge is 0.395 e. The zero-order chi connectivity index (χ0) is 22.3. The Bertz CT molecular complexity index is 1100. The van der Waals surface area contributed by atoms with Crippen LogP contribution in [0.2, 0.25) is 0 Å². The fourth-order valence-corrected chi connectivity index (χ4v) is 5.38. The molecule has 1 aromatic carbocycles. The molecule has 2 atom stereocenters. The molecular weight excluding hydrogens is 404 g/mol. The van der Waals surface area contributed by atoms with Crippen LogP contribution in [0.1, 0.15) is 51.4 Å². The number of aryl methyl sites for hydroxylation is 4. The van der Waals surface area contributed by atoms with E-state index < -0.39 is 0 Å². The summed E-state index contributed by atoms with van der Waals surface area (Å²) in [4.78, 5) is 6.70. The standard InChI is InChI=1S/C25H30N4OS/c1-15-12-16(2)23(17(3)13-15)29-18(4)14-20(19(29)5)24-22(21-8-6-7-9-26-21)27-25(31)28(24)10-11-30/h6-9,12-14,22,24,30H,10-11H2,1-5H3,(H,27,31)/t22-,24-/m0/s1. The maximum absolute atomic E-state index is 9.72. The molecule has 4 rings (SSSR count). The highest BCUT2D eigenvalue weighted by atomic mass is 32.1. The van der Waals surface area contributed by atoms with Crippen LogP contribution in [0.5, 0.6) is 0 Å². The number of hydrogen-bond acceptors (Lipinski definition) is 3. The van der Waals surface area contributed by atoms with Crippen molar-refractivity contribution in [3.05, 3.63) is 81.9 Å². The fraction of sp³-hybridized carbons (Fsp3) is 0.360. The predicted octanol–water partition coefficient (Wildman–Crippen LogP) is 4.38. The van der Waals surface area contributed by atoms with Crippen molar-refractivity contribution in [2.24, 2.45) is 0 Å². The molecule has 2 N–H and O–H groups in total. The minimum absolute atomic E-state index is 0.0411. The molecular formula is C25H30N4OS. The Kier molecular flexibility index (Phi) is 5.86. The molecule has 5 nitrogen and oxygen atoms in total. The zero-order valence-electron chi connectivity index (χ0n) is 18.8. The lowest BCUT2D eigenvalue weighted by Crippen LogP contribution is -2.32. The SMILES string of the molecule is Cc1cc(C)c(-n2c(C)cc([C@H]3[C@H](c4ccccn4)NC(=S)N3CCO)c2C)c(C)c1. The summed E-state index contributed by atoms with van der Waals surface area (Å²) in [5, 5.41) is 13.8. The van der Waals surface area contributed by atoms with Gasteiger partial charge in [0.25, 0.3) is 0 Å². The number of benzene rings is 1. The lowest BCUT2D eigenvalue weighted by Gasteiger charge is -2.27. The van der Waals surface area contributed by atoms with Crippen molar-refractivity contribution in [2.75, 3.05) is 13.2 Å². The summed E-state index contributed by atoms with van der Waals surface area (Å²) in [6.07, 6.45) is 1.81. The van der Waals surface area contributed by atoms with Crippen LogP contribution in [-0.2, 0) is 0 Å². The molecule has 3 heterocycles. The van der Waals surface area contributed by atoms with Gasteiger partial charge in [-0.3, -0.25) is 4.98 Å². The van der Waals surface area contributed by atoms with E-state index in [9.17, 15) is 5.11 Å². The third-order valence-electron chi connectivity index (χ3n) is 6.19. The Hall–Kier alpha value is -2.70. The number of rotatable bonds is 5. The van der Waals surface area contributed by atoms with Gasteiger partial charge in [-0.15, -0.1) is 0 Å². The van der Waals surface area contributed by atoms with Crippen LogP contribution >= 0.6 is 12.2 Å². The second kappa shape index (κ2) is 8.44. The normalized spacial score (nSPS) is 18.5. The molecule has 3 aromatic rings. The van der Waals surface area contributed by atoms with Crippen molar-refractivity contribution in [3.63, 3.8) is 0 Å². The Morgan fingerprint density at radius 1 is 1.06 bits per heavy atom. The minimum atomic E-state index is -0.0746. The highest BCUT2D eigenvalue weighted by molar-refractivity contribution is 7.80. The molecule has 1 aliphatic rings. The highest BCUT2D eigenvalue weighted by Crippen LogP contribution is 2.41. The van der Waals surface area contributed by atoms with Crippen LogP contribution in [0.3, 0.4) is 0 Å². The summed E-state index contributed by atoms with van der Waals surface area (Å²) in [5.74, 6) is 0. The third-order valence-corrected chi connectivity index (χ3v) is 6.54. The Morgan fingerprint density at radius 2 is 1.77 bits per heavy atom. The number of aliphatic hydroxyl groups excluding tert-OH is 1. The molecule has 0 radical (unpaired) electrons. The lowest BCUT2D eigenvalue weighted by atomic mass is 9.96. The Labute approximate surface area is 189 Å². The van der Waals surface area contributed by atoms with E-state index in [-0.39, 0.29) is 18.7 Å². The first-order valence-corrected chi connectivity index (χ1v) is 11.1. The van der Waals surface area contributed by atoms with Crippen LogP contribution in [0, 0.1) is 34.6 Å². The number of hydrogen-bond donors (Lipinski definition) is 2. The van der Waals surface area contributed by atoms with Gasteiger partial charge in [0.15, 0.2) is 5.11 Å². The van der Waals surface area contributed by atoms with Crippen LogP contribution in [0.4, 0.5) is 0 Å². The van der Waals surface area contributed by atoms with Gasteiger partial charge in [-0.25, -0.2) is 0 Å². The van der Waals surface area contributed by atoms with Gasteiger partial charge in [-0.05, 0) is 81.7 Å². The molecule has 1 saturated heterocycles. The first-order chi connectivity index (χ1) is 14.8. The van der Waals surface area contributed by atoms with Gasteiger partial charge in [-0.2, -0.15) is 0 Å². The lowest BCUT2D eigenvalue weighted by molar-refractivity contribution is 0.223. The van der Waals surface area contributed by atoms with E-state index in [0.717, 1.165) is 5.69 Å². The summed E-state index contributed by atoms with van der Waals surface area (Å²) >= 11 is 5.66. The molecule has 162 valence electrons. The Balaban J connectivity index is 1.88. The maximum Gasteiger partial charge on any atom is 0.170 e. The average molecular weight is 435 g/mol. The van der Waals surface area contributed by atoms with Crippen molar-refractivity contribution in [1.82, 2.24) is 19.8 Å². The minimum Gasteiger partial charge on any atom is -0.395 e. The van der Waals surface area contributed by atoms with E-state index in [1.165, 1.54) is 39.3 Å². The van der Waals surface area contributed by atoms with Crippen LogP contribution in [0.25, 0.3) is 5.69 Å². The quantitative estimate of drug-likeness (QED) is 0.584. The molecule has 31 heavy (non-hydrogen) atoms.